The van der Waals surface area contributed by atoms with E-state index < -0.39 is 6.04 Å². The van der Waals surface area contributed by atoms with Crippen molar-refractivity contribution in [1.82, 2.24) is 10.2 Å². The molecule has 0 spiro atoms. The van der Waals surface area contributed by atoms with Crippen molar-refractivity contribution in [2.75, 3.05) is 13.1 Å². The van der Waals surface area contributed by atoms with Gasteiger partial charge in [0.25, 0.3) is 0 Å². The number of rotatable bonds is 2. The van der Waals surface area contributed by atoms with Gasteiger partial charge in [-0.05, 0) is 19.8 Å². The van der Waals surface area contributed by atoms with Gasteiger partial charge in [0.15, 0.2) is 0 Å². The Labute approximate surface area is 90.0 Å². The summed E-state index contributed by atoms with van der Waals surface area (Å²) in [4.78, 5) is 24.1. The molecule has 0 radical (unpaired) electrons. The first kappa shape index (κ1) is 12.0. The van der Waals surface area contributed by atoms with Crippen LogP contribution in [0.3, 0.4) is 0 Å². The van der Waals surface area contributed by atoms with Gasteiger partial charge in [0, 0.05) is 26.1 Å². The van der Waals surface area contributed by atoms with Crippen molar-refractivity contribution in [3.8, 4) is 0 Å². The molecule has 15 heavy (non-hydrogen) atoms. The lowest BCUT2D eigenvalue weighted by molar-refractivity contribution is -0.133. The van der Waals surface area contributed by atoms with E-state index in [1.807, 2.05) is 0 Å². The number of carbonyl (C=O) groups excluding carboxylic acids is 2. The van der Waals surface area contributed by atoms with Crippen molar-refractivity contribution < 1.29 is 9.59 Å². The van der Waals surface area contributed by atoms with E-state index in [4.69, 9.17) is 5.73 Å². The average Bonchev–Trinajstić information content (AvgIpc) is 2.17. The smallest absolute Gasteiger partial charge is 0.239 e. The first-order valence-electron chi connectivity index (χ1n) is 5.32. The minimum atomic E-state index is -0.428. The van der Waals surface area contributed by atoms with Crippen LogP contribution in [-0.2, 0) is 9.59 Å². The normalized spacial score (nSPS) is 19.8. The van der Waals surface area contributed by atoms with Crippen LogP contribution >= 0.6 is 0 Å². The number of carbonyl (C=O) groups is 2. The van der Waals surface area contributed by atoms with Gasteiger partial charge in [0.1, 0.15) is 0 Å². The third kappa shape index (κ3) is 3.51. The molecule has 0 aliphatic carbocycles. The molecular formula is C10H19N3O2. The molecule has 0 unspecified atom stereocenters. The van der Waals surface area contributed by atoms with E-state index >= 15 is 0 Å². The molecule has 0 aromatic carbocycles. The van der Waals surface area contributed by atoms with Gasteiger partial charge in [-0.3, -0.25) is 9.59 Å². The van der Waals surface area contributed by atoms with Gasteiger partial charge in [-0.25, -0.2) is 0 Å². The van der Waals surface area contributed by atoms with Crippen molar-refractivity contribution >= 4 is 11.8 Å². The second-order valence-electron chi connectivity index (χ2n) is 4.09. The highest BCUT2D eigenvalue weighted by Gasteiger charge is 2.24. The largest absolute Gasteiger partial charge is 0.353 e. The third-order valence-electron chi connectivity index (χ3n) is 2.60. The number of amides is 2. The average molecular weight is 213 g/mol. The summed E-state index contributed by atoms with van der Waals surface area (Å²) < 4.78 is 0. The zero-order chi connectivity index (χ0) is 11.4. The molecule has 0 bridgehead atoms. The number of nitrogens with two attached hydrogens (primary N) is 1. The fourth-order valence-corrected chi connectivity index (χ4v) is 1.82. The number of hydrogen-bond donors (Lipinski definition) is 2. The summed E-state index contributed by atoms with van der Waals surface area (Å²) in [6, 6.07) is -0.220. The van der Waals surface area contributed by atoms with E-state index in [1.165, 1.54) is 6.92 Å². The maximum absolute atomic E-state index is 11.5. The molecule has 1 saturated heterocycles. The highest BCUT2D eigenvalue weighted by Crippen LogP contribution is 2.10. The molecule has 3 N–H and O–H groups in total. The molecule has 0 aromatic rings. The van der Waals surface area contributed by atoms with Crippen LogP contribution in [0.1, 0.15) is 26.7 Å². The van der Waals surface area contributed by atoms with Gasteiger partial charge < -0.3 is 16.0 Å². The van der Waals surface area contributed by atoms with Crippen molar-refractivity contribution in [3.63, 3.8) is 0 Å². The zero-order valence-corrected chi connectivity index (χ0v) is 9.32. The van der Waals surface area contributed by atoms with E-state index in [1.54, 1.807) is 11.8 Å². The maximum atomic E-state index is 11.5. The first-order valence-corrected chi connectivity index (χ1v) is 5.32. The molecule has 1 atom stereocenters. The Hall–Kier alpha value is -1.10. The number of nitrogens with zero attached hydrogens (tertiary/aromatic N) is 1. The van der Waals surface area contributed by atoms with E-state index in [0.29, 0.717) is 13.1 Å². The Bertz CT molecular complexity index is 245. The summed E-state index contributed by atoms with van der Waals surface area (Å²) in [7, 11) is 0. The van der Waals surface area contributed by atoms with Crippen LogP contribution in [-0.4, -0.2) is 41.9 Å². The fourth-order valence-electron chi connectivity index (χ4n) is 1.82. The molecule has 1 rings (SSSR count). The molecule has 0 aromatic heterocycles. The van der Waals surface area contributed by atoms with Crippen molar-refractivity contribution in [2.45, 2.75) is 38.8 Å². The van der Waals surface area contributed by atoms with Crippen molar-refractivity contribution in [1.29, 1.82) is 0 Å². The van der Waals surface area contributed by atoms with Crippen LogP contribution in [0.25, 0.3) is 0 Å². The lowest BCUT2D eigenvalue weighted by atomic mass is 10.0. The van der Waals surface area contributed by atoms with Crippen LogP contribution < -0.4 is 11.1 Å². The second-order valence-corrected chi connectivity index (χ2v) is 4.09. The summed E-state index contributed by atoms with van der Waals surface area (Å²) in [6.45, 7) is 4.58. The molecular weight excluding hydrogens is 194 g/mol. The topological polar surface area (TPSA) is 75.4 Å². The quantitative estimate of drug-likeness (QED) is 0.647. The van der Waals surface area contributed by atoms with E-state index in [9.17, 15) is 9.59 Å². The molecule has 1 aliphatic heterocycles. The van der Waals surface area contributed by atoms with Gasteiger partial charge >= 0.3 is 0 Å². The Balaban J connectivity index is 2.35. The maximum Gasteiger partial charge on any atom is 0.239 e. The molecule has 5 nitrogen and oxygen atoms in total. The van der Waals surface area contributed by atoms with Gasteiger partial charge in [-0.2, -0.15) is 0 Å². The molecule has 86 valence electrons. The summed E-state index contributed by atoms with van der Waals surface area (Å²) in [5.41, 5.74) is 5.52. The van der Waals surface area contributed by atoms with Crippen LogP contribution in [0.15, 0.2) is 0 Å². The zero-order valence-electron chi connectivity index (χ0n) is 9.32. The van der Waals surface area contributed by atoms with Gasteiger partial charge in [0.05, 0.1) is 6.04 Å². The minimum Gasteiger partial charge on any atom is -0.353 e. The molecule has 1 aliphatic rings. The summed E-state index contributed by atoms with van der Waals surface area (Å²) >= 11 is 0. The highest BCUT2D eigenvalue weighted by molar-refractivity contribution is 5.81. The SMILES string of the molecule is CC(=O)NC1CCN(C(=O)[C@H](C)N)CC1. The van der Waals surface area contributed by atoms with Crippen molar-refractivity contribution in [3.05, 3.63) is 0 Å². The van der Waals surface area contributed by atoms with Gasteiger partial charge in [0.2, 0.25) is 11.8 Å². The van der Waals surface area contributed by atoms with E-state index in [2.05, 4.69) is 5.32 Å². The molecule has 2 amide bonds. The number of nitrogens with one attached hydrogen (secondary N) is 1. The van der Waals surface area contributed by atoms with Crippen LogP contribution in [0.5, 0.6) is 0 Å². The summed E-state index contributed by atoms with van der Waals surface area (Å²) in [5, 5.41) is 2.86. The lowest BCUT2D eigenvalue weighted by Gasteiger charge is -2.33. The second kappa shape index (κ2) is 5.11. The Morgan fingerprint density at radius 2 is 1.93 bits per heavy atom. The van der Waals surface area contributed by atoms with Gasteiger partial charge in [-0.15, -0.1) is 0 Å². The molecule has 0 saturated carbocycles. The van der Waals surface area contributed by atoms with Crippen LogP contribution in [0.4, 0.5) is 0 Å². The van der Waals surface area contributed by atoms with Crippen LogP contribution in [0.2, 0.25) is 0 Å². The summed E-state index contributed by atoms with van der Waals surface area (Å²) in [6.07, 6.45) is 1.64. The monoisotopic (exact) mass is 213 g/mol. The summed E-state index contributed by atoms with van der Waals surface area (Å²) in [5.74, 6) is -0.0109. The van der Waals surface area contributed by atoms with E-state index in [-0.39, 0.29) is 17.9 Å². The third-order valence-corrected chi connectivity index (χ3v) is 2.60. The Morgan fingerprint density at radius 1 is 1.40 bits per heavy atom. The lowest BCUT2D eigenvalue weighted by Crippen LogP contribution is -2.49. The number of piperidine rings is 1. The fraction of sp³-hybridized carbons (Fsp3) is 0.800. The predicted octanol–water partition coefficient (Wildman–Crippen LogP) is -0.539. The van der Waals surface area contributed by atoms with Gasteiger partial charge in [-0.1, -0.05) is 0 Å². The van der Waals surface area contributed by atoms with E-state index in [0.717, 1.165) is 12.8 Å². The Morgan fingerprint density at radius 3 is 2.33 bits per heavy atom. The van der Waals surface area contributed by atoms with Crippen molar-refractivity contribution in [2.24, 2.45) is 5.73 Å². The first-order chi connectivity index (χ1) is 7.00. The minimum absolute atomic E-state index is 0.00345. The predicted molar refractivity (Wildman–Crippen MR) is 57.1 cm³/mol. The molecule has 5 heteroatoms. The number of likely N-dealkylation sites (tertiary alicyclic amines) is 1. The highest BCUT2D eigenvalue weighted by atomic mass is 16.2. The Kier molecular flexibility index (Phi) is 4.08. The number of hydrogen-bond acceptors (Lipinski definition) is 3. The molecule has 1 heterocycles. The van der Waals surface area contributed by atoms with Crippen LogP contribution in [0, 0.1) is 0 Å². The standard InChI is InChI=1S/C10H19N3O2/c1-7(11)10(15)13-5-3-9(4-6-13)12-8(2)14/h7,9H,3-6,11H2,1-2H3,(H,12,14)/t7-/m0/s1. The molecule has 1 fully saturated rings.